The molecule has 0 spiro atoms. The Bertz CT molecular complexity index is 451. The van der Waals surface area contributed by atoms with Crippen LogP contribution in [-0.4, -0.2) is 15.5 Å². The highest BCUT2D eigenvalue weighted by molar-refractivity contribution is 7.98. The van der Waals surface area contributed by atoms with Gasteiger partial charge in [0.2, 0.25) is 5.91 Å². The van der Waals surface area contributed by atoms with Crippen LogP contribution in [0.5, 0.6) is 0 Å². The average Bonchev–Trinajstić information content (AvgIpc) is 2.39. The maximum atomic E-state index is 12.0. The molecule has 0 aromatic heterocycles. The Kier molecular flexibility index (Phi) is 4.23. The molecule has 98 valence electrons. The van der Waals surface area contributed by atoms with Crippen molar-refractivity contribution in [1.82, 2.24) is 4.31 Å². The minimum Gasteiger partial charge on any atom is -0.277 e. The van der Waals surface area contributed by atoms with E-state index in [1.165, 1.54) is 0 Å². The van der Waals surface area contributed by atoms with Gasteiger partial charge < -0.3 is 0 Å². The summed E-state index contributed by atoms with van der Waals surface area (Å²) in [6.45, 7) is 6.25. The van der Waals surface area contributed by atoms with E-state index >= 15 is 0 Å². The molecule has 1 aliphatic rings. The third-order valence-corrected chi connectivity index (χ3v) is 5.10. The van der Waals surface area contributed by atoms with Crippen LogP contribution in [0, 0.1) is 5.92 Å². The Morgan fingerprint density at radius 3 is 2.72 bits per heavy atom. The predicted molar refractivity (Wildman–Crippen MR) is 77.5 cm³/mol. The van der Waals surface area contributed by atoms with E-state index in [1.54, 1.807) is 11.9 Å². The van der Waals surface area contributed by atoms with E-state index in [1.807, 2.05) is 35.5 Å². The third kappa shape index (κ3) is 2.39. The van der Waals surface area contributed by atoms with Gasteiger partial charge in [0.05, 0.1) is 12.0 Å². The Hall–Kier alpha value is -0.670. The standard InChI is InChI=1S/C14H18ClNOS/c1-4-9(2)18-16-13(10(3)14(16)17)11-7-5-6-8-12(11)15/h5-10,13H,4H2,1-3H3/t9?,10-,13-/m1/s1. The number of carbonyl (C=O) groups excluding carboxylic acids is 1. The van der Waals surface area contributed by atoms with Crippen LogP contribution in [-0.2, 0) is 4.79 Å². The molecule has 3 atom stereocenters. The highest BCUT2D eigenvalue weighted by atomic mass is 35.5. The lowest BCUT2D eigenvalue weighted by molar-refractivity contribution is -0.144. The van der Waals surface area contributed by atoms with Gasteiger partial charge in [0, 0.05) is 10.3 Å². The first-order valence-electron chi connectivity index (χ1n) is 6.30. The van der Waals surface area contributed by atoms with E-state index in [2.05, 4.69) is 13.8 Å². The van der Waals surface area contributed by atoms with Gasteiger partial charge in [0.25, 0.3) is 0 Å². The molecule has 2 rings (SSSR count). The van der Waals surface area contributed by atoms with Crippen molar-refractivity contribution in [2.24, 2.45) is 5.92 Å². The van der Waals surface area contributed by atoms with Crippen LogP contribution < -0.4 is 0 Å². The number of halogens is 1. The van der Waals surface area contributed by atoms with Crippen molar-refractivity contribution in [3.63, 3.8) is 0 Å². The lowest BCUT2D eigenvalue weighted by atomic mass is 9.86. The summed E-state index contributed by atoms with van der Waals surface area (Å²) in [4.78, 5) is 12.0. The molecular formula is C14H18ClNOS. The molecule has 1 heterocycles. The molecule has 1 unspecified atom stereocenters. The molecule has 1 aromatic carbocycles. The molecule has 1 aliphatic heterocycles. The molecular weight excluding hydrogens is 266 g/mol. The lowest BCUT2D eigenvalue weighted by Crippen LogP contribution is -2.50. The van der Waals surface area contributed by atoms with E-state index in [4.69, 9.17) is 11.6 Å². The molecule has 1 fully saturated rings. The van der Waals surface area contributed by atoms with Gasteiger partial charge in [0.1, 0.15) is 0 Å². The Morgan fingerprint density at radius 2 is 2.11 bits per heavy atom. The van der Waals surface area contributed by atoms with Crippen LogP contribution in [0.3, 0.4) is 0 Å². The number of amides is 1. The maximum absolute atomic E-state index is 12.0. The van der Waals surface area contributed by atoms with Gasteiger partial charge in [-0.25, -0.2) is 0 Å². The zero-order chi connectivity index (χ0) is 13.3. The monoisotopic (exact) mass is 283 g/mol. The van der Waals surface area contributed by atoms with Crippen molar-refractivity contribution in [1.29, 1.82) is 0 Å². The number of hydrogen-bond acceptors (Lipinski definition) is 2. The quantitative estimate of drug-likeness (QED) is 0.606. The fourth-order valence-corrected chi connectivity index (χ4v) is 3.57. The summed E-state index contributed by atoms with van der Waals surface area (Å²) in [6.07, 6.45) is 1.05. The summed E-state index contributed by atoms with van der Waals surface area (Å²) in [5.74, 6) is 0.242. The molecule has 0 N–H and O–H groups in total. The minimum absolute atomic E-state index is 0.0291. The summed E-state index contributed by atoms with van der Waals surface area (Å²) >= 11 is 7.87. The second-order valence-electron chi connectivity index (χ2n) is 4.74. The number of hydrogen-bond donors (Lipinski definition) is 0. The number of benzene rings is 1. The summed E-state index contributed by atoms with van der Waals surface area (Å²) in [5, 5.41) is 1.20. The Labute approximate surface area is 118 Å². The molecule has 1 aromatic rings. The summed E-state index contributed by atoms with van der Waals surface area (Å²) in [5.41, 5.74) is 1.06. The highest BCUT2D eigenvalue weighted by Crippen LogP contribution is 2.47. The van der Waals surface area contributed by atoms with Gasteiger partial charge in [-0.05, 0) is 30.0 Å². The molecule has 1 saturated heterocycles. The lowest BCUT2D eigenvalue weighted by Gasteiger charge is -2.46. The number of β-lactam (4-membered cyclic amide) rings is 1. The third-order valence-electron chi connectivity index (χ3n) is 3.43. The molecule has 0 saturated carbocycles. The van der Waals surface area contributed by atoms with Crippen LogP contribution >= 0.6 is 23.5 Å². The molecule has 0 bridgehead atoms. The van der Waals surface area contributed by atoms with E-state index < -0.39 is 0 Å². The number of rotatable bonds is 4. The van der Waals surface area contributed by atoms with Crippen molar-refractivity contribution < 1.29 is 4.79 Å². The fourth-order valence-electron chi connectivity index (χ4n) is 2.09. The second kappa shape index (κ2) is 5.54. The van der Waals surface area contributed by atoms with Crippen LogP contribution in [0.15, 0.2) is 24.3 Å². The molecule has 18 heavy (non-hydrogen) atoms. The fraction of sp³-hybridized carbons (Fsp3) is 0.500. The van der Waals surface area contributed by atoms with Crippen molar-refractivity contribution in [2.45, 2.75) is 38.5 Å². The van der Waals surface area contributed by atoms with Crippen molar-refractivity contribution in [2.75, 3.05) is 0 Å². The smallest absolute Gasteiger partial charge is 0.238 e. The van der Waals surface area contributed by atoms with Gasteiger partial charge >= 0.3 is 0 Å². The van der Waals surface area contributed by atoms with Crippen LogP contribution in [0.4, 0.5) is 0 Å². The molecule has 2 nitrogen and oxygen atoms in total. The first kappa shape index (κ1) is 13.8. The van der Waals surface area contributed by atoms with E-state index in [0.717, 1.165) is 17.0 Å². The molecule has 0 radical (unpaired) electrons. The molecule has 0 aliphatic carbocycles. The van der Waals surface area contributed by atoms with Gasteiger partial charge in [-0.1, -0.05) is 50.6 Å². The minimum atomic E-state index is 0.0291. The van der Waals surface area contributed by atoms with Crippen molar-refractivity contribution in [3.8, 4) is 0 Å². The first-order valence-corrected chi connectivity index (χ1v) is 7.52. The van der Waals surface area contributed by atoms with Gasteiger partial charge in [0.15, 0.2) is 0 Å². The summed E-state index contributed by atoms with van der Waals surface area (Å²) in [6, 6.07) is 7.91. The van der Waals surface area contributed by atoms with Gasteiger partial charge in [-0.2, -0.15) is 0 Å². The van der Waals surface area contributed by atoms with E-state index in [0.29, 0.717) is 5.25 Å². The second-order valence-corrected chi connectivity index (χ2v) is 6.56. The van der Waals surface area contributed by atoms with Crippen molar-refractivity contribution in [3.05, 3.63) is 34.9 Å². The normalized spacial score (nSPS) is 24.9. The highest BCUT2D eigenvalue weighted by Gasteiger charge is 2.46. The topological polar surface area (TPSA) is 20.3 Å². The van der Waals surface area contributed by atoms with E-state index in [-0.39, 0.29) is 17.9 Å². The van der Waals surface area contributed by atoms with Crippen LogP contribution in [0.2, 0.25) is 5.02 Å². The molecule has 4 heteroatoms. The van der Waals surface area contributed by atoms with Crippen LogP contribution in [0.25, 0.3) is 0 Å². The predicted octanol–water partition coefficient (Wildman–Crippen LogP) is 4.31. The largest absolute Gasteiger partial charge is 0.277 e. The van der Waals surface area contributed by atoms with E-state index in [9.17, 15) is 4.79 Å². The average molecular weight is 284 g/mol. The first-order chi connectivity index (χ1) is 8.56. The Morgan fingerprint density at radius 1 is 1.44 bits per heavy atom. The Balaban J connectivity index is 2.21. The molecule has 1 amide bonds. The van der Waals surface area contributed by atoms with Crippen molar-refractivity contribution >= 4 is 29.5 Å². The summed E-state index contributed by atoms with van der Waals surface area (Å²) < 4.78 is 1.89. The summed E-state index contributed by atoms with van der Waals surface area (Å²) in [7, 11) is 0. The number of carbonyl (C=O) groups is 1. The zero-order valence-corrected chi connectivity index (χ0v) is 12.5. The number of nitrogens with zero attached hydrogens (tertiary/aromatic N) is 1. The van der Waals surface area contributed by atoms with Gasteiger partial charge in [-0.15, -0.1) is 0 Å². The SMILES string of the molecule is CCC(C)SN1C(=O)[C@H](C)[C@@H]1c1ccccc1Cl. The zero-order valence-electron chi connectivity index (χ0n) is 10.9. The van der Waals surface area contributed by atoms with Crippen LogP contribution in [0.1, 0.15) is 38.8 Å². The van der Waals surface area contributed by atoms with Gasteiger partial charge in [-0.3, -0.25) is 9.10 Å². The maximum Gasteiger partial charge on any atom is 0.238 e.